The lowest BCUT2D eigenvalue weighted by atomic mass is 9.84. The van der Waals surface area contributed by atoms with Crippen LogP contribution in [0.3, 0.4) is 0 Å². The van der Waals surface area contributed by atoms with Gasteiger partial charge in [0.25, 0.3) is 0 Å². The average Bonchev–Trinajstić information content (AvgIpc) is 2.70. The van der Waals surface area contributed by atoms with Crippen molar-refractivity contribution in [3.63, 3.8) is 0 Å². The molecule has 2 heterocycles. The summed E-state index contributed by atoms with van der Waals surface area (Å²) < 4.78 is 5.91. The standard InChI is InChI=1S/C18H27NO2/c1-2-11-19-12-5-9-18(20,10-13-19)16-8-3-6-15-7-4-14-21-17(15)16/h3,6,8,20H,2,4-5,7,9-14H2,1H3. The van der Waals surface area contributed by atoms with Crippen LogP contribution in [0.25, 0.3) is 0 Å². The Balaban J connectivity index is 1.85. The number of para-hydroxylation sites is 1. The van der Waals surface area contributed by atoms with Crippen LogP contribution in [0.1, 0.15) is 50.2 Å². The van der Waals surface area contributed by atoms with Crippen molar-refractivity contribution in [2.24, 2.45) is 0 Å². The molecule has 0 bridgehead atoms. The minimum absolute atomic E-state index is 0.717. The normalized spacial score (nSPS) is 26.8. The highest BCUT2D eigenvalue weighted by Crippen LogP contribution is 2.41. The van der Waals surface area contributed by atoms with Crippen molar-refractivity contribution in [2.45, 2.75) is 51.0 Å². The molecule has 2 aliphatic heterocycles. The number of benzene rings is 1. The Hall–Kier alpha value is -1.06. The first-order valence-electron chi connectivity index (χ1n) is 8.43. The molecule has 0 spiro atoms. The number of rotatable bonds is 3. The number of nitrogens with zero attached hydrogens (tertiary/aromatic N) is 1. The molecule has 0 aliphatic carbocycles. The number of fused-ring (bicyclic) bond motifs is 1. The van der Waals surface area contributed by atoms with Crippen LogP contribution in [0.5, 0.6) is 5.75 Å². The molecule has 3 rings (SSSR count). The fraction of sp³-hybridized carbons (Fsp3) is 0.667. The molecule has 1 aromatic carbocycles. The lowest BCUT2D eigenvalue weighted by Gasteiger charge is -2.31. The SMILES string of the molecule is CCCN1CCCC(O)(c2cccc3c2OCCC3)CC1. The van der Waals surface area contributed by atoms with Crippen LogP contribution >= 0.6 is 0 Å². The Morgan fingerprint density at radius 1 is 1.24 bits per heavy atom. The largest absolute Gasteiger partial charge is 0.493 e. The van der Waals surface area contributed by atoms with Crippen LogP contribution in [0, 0.1) is 0 Å². The van der Waals surface area contributed by atoms with E-state index in [9.17, 15) is 5.11 Å². The highest BCUT2D eigenvalue weighted by atomic mass is 16.5. The number of aliphatic hydroxyl groups is 1. The van der Waals surface area contributed by atoms with Crippen molar-refractivity contribution >= 4 is 0 Å². The minimum atomic E-state index is -0.717. The Kier molecular flexibility index (Phi) is 4.51. The van der Waals surface area contributed by atoms with E-state index in [4.69, 9.17) is 4.74 Å². The van der Waals surface area contributed by atoms with E-state index in [0.29, 0.717) is 0 Å². The van der Waals surface area contributed by atoms with Crippen molar-refractivity contribution in [3.8, 4) is 5.75 Å². The Labute approximate surface area is 127 Å². The number of hydrogen-bond acceptors (Lipinski definition) is 3. The van der Waals surface area contributed by atoms with Gasteiger partial charge >= 0.3 is 0 Å². The van der Waals surface area contributed by atoms with Crippen molar-refractivity contribution in [1.82, 2.24) is 4.90 Å². The summed E-state index contributed by atoms with van der Waals surface area (Å²) in [5.74, 6) is 0.968. The predicted molar refractivity (Wildman–Crippen MR) is 84.7 cm³/mol. The van der Waals surface area contributed by atoms with Gasteiger partial charge in [-0.25, -0.2) is 0 Å². The van der Waals surface area contributed by atoms with E-state index < -0.39 is 5.60 Å². The van der Waals surface area contributed by atoms with Crippen molar-refractivity contribution in [1.29, 1.82) is 0 Å². The number of hydrogen-bond donors (Lipinski definition) is 1. The summed E-state index contributed by atoms with van der Waals surface area (Å²) in [4.78, 5) is 2.48. The molecule has 1 N–H and O–H groups in total. The number of likely N-dealkylation sites (tertiary alicyclic amines) is 1. The van der Waals surface area contributed by atoms with Gasteiger partial charge in [0.1, 0.15) is 5.75 Å². The molecule has 1 atom stereocenters. The summed E-state index contributed by atoms with van der Waals surface area (Å²) in [6, 6.07) is 6.29. The van der Waals surface area contributed by atoms with Gasteiger partial charge in [0.2, 0.25) is 0 Å². The van der Waals surface area contributed by atoms with Gasteiger partial charge in [0.05, 0.1) is 12.2 Å². The van der Waals surface area contributed by atoms with Gasteiger partial charge in [0.15, 0.2) is 0 Å². The van der Waals surface area contributed by atoms with Crippen molar-refractivity contribution < 1.29 is 9.84 Å². The second-order valence-corrected chi connectivity index (χ2v) is 6.47. The molecule has 3 heteroatoms. The van der Waals surface area contributed by atoms with Gasteiger partial charge in [-0.05, 0) is 57.2 Å². The molecule has 1 unspecified atom stereocenters. The maximum absolute atomic E-state index is 11.3. The fourth-order valence-electron chi connectivity index (χ4n) is 3.74. The summed E-state index contributed by atoms with van der Waals surface area (Å²) in [7, 11) is 0. The van der Waals surface area contributed by atoms with Gasteiger partial charge < -0.3 is 14.7 Å². The lowest BCUT2D eigenvalue weighted by Crippen LogP contribution is -2.30. The Morgan fingerprint density at radius 3 is 3.00 bits per heavy atom. The molecule has 1 fully saturated rings. The molecular weight excluding hydrogens is 262 g/mol. The summed E-state index contributed by atoms with van der Waals surface area (Å²) in [5.41, 5.74) is 1.57. The van der Waals surface area contributed by atoms with Gasteiger partial charge in [0, 0.05) is 12.1 Å². The predicted octanol–water partition coefficient (Wildman–Crippen LogP) is 3.10. The zero-order valence-corrected chi connectivity index (χ0v) is 13.1. The van der Waals surface area contributed by atoms with Crippen LogP contribution < -0.4 is 4.74 Å². The molecule has 0 aromatic heterocycles. The zero-order valence-electron chi connectivity index (χ0n) is 13.1. The molecule has 21 heavy (non-hydrogen) atoms. The van der Waals surface area contributed by atoms with Gasteiger partial charge in [-0.3, -0.25) is 0 Å². The van der Waals surface area contributed by atoms with Crippen LogP contribution in [0.2, 0.25) is 0 Å². The average molecular weight is 289 g/mol. The maximum Gasteiger partial charge on any atom is 0.128 e. The van der Waals surface area contributed by atoms with Crippen LogP contribution in [-0.4, -0.2) is 36.2 Å². The third-order valence-corrected chi connectivity index (χ3v) is 4.88. The molecule has 0 saturated carbocycles. The maximum atomic E-state index is 11.3. The van der Waals surface area contributed by atoms with E-state index in [1.807, 2.05) is 0 Å². The molecule has 0 radical (unpaired) electrons. The number of aryl methyl sites for hydroxylation is 1. The van der Waals surface area contributed by atoms with Crippen LogP contribution in [-0.2, 0) is 12.0 Å². The smallest absolute Gasteiger partial charge is 0.128 e. The second-order valence-electron chi connectivity index (χ2n) is 6.47. The fourth-order valence-corrected chi connectivity index (χ4v) is 3.74. The highest BCUT2D eigenvalue weighted by Gasteiger charge is 2.35. The lowest BCUT2D eigenvalue weighted by molar-refractivity contribution is 0.0179. The number of ether oxygens (including phenoxy) is 1. The molecule has 2 aliphatic rings. The first kappa shape index (κ1) is 14.9. The quantitative estimate of drug-likeness (QED) is 0.928. The van der Waals surface area contributed by atoms with Crippen molar-refractivity contribution in [3.05, 3.63) is 29.3 Å². The third-order valence-electron chi connectivity index (χ3n) is 4.88. The van der Waals surface area contributed by atoms with E-state index >= 15 is 0 Å². The topological polar surface area (TPSA) is 32.7 Å². The van der Waals surface area contributed by atoms with Crippen LogP contribution in [0.15, 0.2) is 18.2 Å². The first-order chi connectivity index (χ1) is 10.2. The zero-order chi connectivity index (χ0) is 14.7. The summed E-state index contributed by atoms with van der Waals surface area (Å²) in [6.07, 6.45) is 6.04. The molecule has 3 nitrogen and oxygen atoms in total. The van der Waals surface area contributed by atoms with E-state index in [2.05, 4.69) is 30.0 Å². The van der Waals surface area contributed by atoms with Gasteiger partial charge in [-0.15, -0.1) is 0 Å². The van der Waals surface area contributed by atoms with Crippen LogP contribution in [0.4, 0.5) is 0 Å². The molecule has 1 saturated heterocycles. The van der Waals surface area contributed by atoms with E-state index in [0.717, 1.165) is 69.7 Å². The van der Waals surface area contributed by atoms with Gasteiger partial charge in [-0.2, -0.15) is 0 Å². The van der Waals surface area contributed by atoms with E-state index in [-0.39, 0.29) is 0 Å². The summed E-state index contributed by atoms with van der Waals surface area (Å²) >= 11 is 0. The van der Waals surface area contributed by atoms with E-state index in [1.165, 1.54) is 12.0 Å². The minimum Gasteiger partial charge on any atom is -0.493 e. The van der Waals surface area contributed by atoms with Gasteiger partial charge in [-0.1, -0.05) is 25.1 Å². The van der Waals surface area contributed by atoms with E-state index in [1.54, 1.807) is 0 Å². The molecule has 116 valence electrons. The monoisotopic (exact) mass is 289 g/mol. The first-order valence-corrected chi connectivity index (χ1v) is 8.43. The Bertz CT molecular complexity index is 488. The second kappa shape index (κ2) is 6.37. The molecular formula is C18H27NO2. The summed E-state index contributed by atoms with van der Waals surface area (Å²) in [6.45, 7) is 6.22. The Morgan fingerprint density at radius 2 is 2.14 bits per heavy atom. The third kappa shape index (κ3) is 3.09. The molecule has 1 aromatic rings. The summed E-state index contributed by atoms with van der Waals surface area (Å²) in [5, 5.41) is 11.3. The highest BCUT2D eigenvalue weighted by molar-refractivity contribution is 5.46. The molecule has 0 amide bonds. The van der Waals surface area contributed by atoms with Crippen molar-refractivity contribution in [2.75, 3.05) is 26.2 Å².